The van der Waals surface area contributed by atoms with Gasteiger partial charge in [-0.3, -0.25) is 4.79 Å². The summed E-state index contributed by atoms with van der Waals surface area (Å²) in [4.78, 5) is 16.1. The zero-order valence-corrected chi connectivity index (χ0v) is 12.3. The number of para-hydroxylation sites is 1. The largest absolute Gasteiger partial charge is 0.506 e. The highest BCUT2D eigenvalue weighted by molar-refractivity contribution is 5.89. The topological polar surface area (TPSA) is 74.6 Å². The Labute approximate surface area is 133 Å². The number of aromatic nitrogens is 1. The molecule has 0 aliphatic rings. The van der Waals surface area contributed by atoms with Crippen LogP contribution in [0.25, 0.3) is 10.9 Å². The number of hydrogen-bond acceptors (Lipinski definition) is 4. The number of hydrazone groups is 1. The van der Waals surface area contributed by atoms with Crippen molar-refractivity contribution in [2.75, 3.05) is 0 Å². The maximum absolute atomic E-state index is 11.8. The van der Waals surface area contributed by atoms with Crippen LogP contribution in [-0.2, 0) is 11.2 Å². The highest BCUT2D eigenvalue weighted by Crippen LogP contribution is 2.21. The molecule has 0 bridgehead atoms. The molecule has 0 unspecified atom stereocenters. The maximum Gasteiger partial charge on any atom is 0.244 e. The average Bonchev–Trinajstić information content (AvgIpc) is 2.56. The molecule has 5 heteroatoms. The Morgan fingerprint density at radius 3 is 2.74 bits per heavy atom. The van der Waals surface area contributed by atoms with Crippen LogP contribution in [0.3, 0.4) is 0 Å². The summed E-state index contributed by atoms with van der Waals surface area (Å²) < 4.78 is 0. The summed E-state index contributed by atoms with van der Waals surface area (Å²) in [7, 11) is 0. The highest BCUT2D eigenvalue weighted by Gasteiger charge is 2.02. The van der Waals surface area contributed by atoms with Crippen LogP contribution in [0.1, 0.15) is 11.3 Å². The third-order valence-electron chi connectivity index (χ3n) is 3.31. The third-order valence-corrected chi connectivity index (χ3v) is 3.31. The number of carbonyl (C=O) groups is 1. The Balaban J connectivity index is 1.66. The fourth-order valence-corrected chi connectivity index (χ4v) is 2.21. The molecule has 0 aliphatic carbocycles. The van der Waals surface area contributed by atoms with E-state index in [4.69, 9.17) is 0 Å². The minimum atomic E-state index is -0.198. The monoisotopic (exact) mass is 305 g/mol. The smallest absolute Gasteiger partial charge is 0.244 e. The Morgan fingerprint density at radius 2 is 1.91 bits per heavy atom. The zero-order chi connectivity index (χ0) is 16.1. The second-order valence-electron chi connectivity index (χ2n) is 5.04. The van der Waals surface area contributed by atoms with Gasteiger partial charge in [0, 0.05) is 5.39 Å². The first-order valence-electron chi connectivity index (χ1n) is 7.17. The van der Waals surface area contributed by atoms with E-state index in [1.165, 1.54) is 6.21 Å². The Hall–Kier alpha value is -3.21. The van der Waals surface area contributed by atoms with Crippen molar-refractivity contribution >= 4 is 23.0 Å². The first-order chi connectivity index (χ1) is 11.2. The molecular weight excluding hydrogens is 290 g/mol. The van der Waals surface area contributed by atoms with Gasteiger partial charge in [0.2, 0.25) is 5.91 Å². The van der Waals surface area contributed by atoms with Crippen molar-refractivity contribution in [3.63, 3.8) is 0 Å². The Bertz CT molecular complexity index is 861. The number of carbonyl (C=O) groups excluding carboxylic acids is 1. The van der Waals surface area contributed by atoms with Crippen molar-refractivity contribution in [1.29, 1.82) is 0 Å². The number of phenols is 1. The number of rotatable bonds is 4. The van der Waals surface area contributed by atoms with Gasteiger partial charge in [-0.25, -0.2) is 10.4 Å². The summed E-state index contributed by atoms with van der Waals surface area (Å²) in [6, 6.07) is 18.3. The van der Waals surface area contributed by atoms with E-state index in [9.17, 15) is 9.90 Å². The number of pyridine rings is 1. The van der Waals surface area contributed by atoms with Crippen LogP contribution in [-0.4, -0.2) is 22.2 Å². The fourth-order valence-electron chi connectivity index (χ4n) is 2.21. The lowest BCUT2D eigenvalue weighted by Gasteiger charge is -2.02. The number of nitrogens with one attached hydrogen (secondary N) is 1. The quantitative estimate of drug-likeness (QED) is 0.575. The van der Waals surface area contributed by atoms with Gasteiger partial charge in [0.15, 0.2) is 0 Å². The van der Waals surface area contributed by atoms with Gasteiger partial charge in [-0.2, -0.15) is 5.10 Å². The van der Waals surface area contributed by atoms with E-state index >= 15 is 0 Å². The summed E-state index contributed by atoms with van der Waals surface area (Å²) in [5.41, 5.74) is 4.46. The van der Waals surface area contributed by atoms with Crippen LogP contribution >= 0.6 is 0 Å². The number of nitrogens with zero attached hydrogens (tertiary/aromatic N) is 2. The van der Waals surface area contributed by atoms with E-state index in [-0.39, 0.29) is 18.1 Å². The maximum atomic E-state index is 11.8. The van der Waals surface area contributed by atoms with E-state index in [0.717, 1.165) is 10.9 Å². The lowest BCUT2D eigenvalue weighted by atomic mass is 10.1. The molecule has 1 amide bonds. The molecule has 5 nitrogen and oxygen atoms in total. The number of benzene rings is 2. The van der Waals surface area contributed by atoms with E-state index in [1.54, 1.807) is 18.2 Å². The predicted molar refractivity (Wildman–Crippen MR) is 89.3 cm³/mol. The van der Waals surface area contributed by atoms with Crippen molar-refractivity contribution in [2.24, 2.45) is 5.10 Å². The molecule has 1 aromatic heterocycles. The van der Waals surface area contributed by atoms with E-state index < -0.39 is 0 Å². The van der Waals surface area contributed by atoms with Crippen molar-refractivity contribution in [3.05, 3.63) is 71.9 Å². The molecule has 0 aliphatic heterocycles. The molecule has 23 heavy (non-hydrogen) atoms. The number of phenolic OH excluding ortho intramolecular Hbond substituents is 1. The molecule has 114 valence electrons. The number of hydrogen-bond donors (Lipinski definition) is 2. The minimum Gasteiger partial charge on any atom is -0.506 e. The molecule has 3 aromatic rings. The van der Waals surface area contributed by atoms with Gasteiger partial charge in [0.05, 0.1) is 18.3 Å². The van der Waals surface area contributed by atoms with Crippen molar-refractivity contribution in [1.82, 2.24) is 10.4 Å². The highest BCUT2D eigenvalue weighted by atomic mass is 16.3. The molecule has 1 heterocycles. The average molecular weight is 305 g/mol. The van der Waals surface area contributed by atoms with E-state index in [0.29, 0.717) is 11.2 Å². The molecule has 3 rings (SSSR count). The summed E-state index contributed by atoms with van der Waals surface area (Å²) in [6.45, 7) is 0. The summed E-state index contributed by atoms with van der Waals surface area (Å²) in [6.07, 6.45) is 1.72. The second kappa shape index (κ2) is 6.70. The Kier molecular flexibility index (Phi) is 4.29. The van der Waals surface area contributed by atoms with Gasteiger partial charge in [-0.15, -0.1) is 0 Å². The van der Waals surface area contributed by atoms with Gasteiger partial charge in [-0.05, 0) is 17.7 Å². The van der Waals surface area contributed by atoms with Gasteiger partial charge < -0.3 is 5.11 Å². The summed E-state index contributed by atoms with van der Waals surface area (Å²) in [5, 5.41) is 14.5. The third kappa shape index (κ3) is 3.71. The molecule has 0 saturated carbocycles. The zero-order valence-electron chi connectivity index (χ0n) is 12.3. The van der Waals surface area contributed by atoms with Gasteiger partial charge in [0.25, 0.3) is 0 Å². The summed E-state index contributed by atoms with van der Waals surface area (Å²) in [5.74, 6) is -0.0815. The van der Waals surface area contributed by atoms with Gasteiger partial charge >= 0.3 is 0 Å². The first-order valence-corrected chi connectivity index (χ1v) is 7.17. The lowest BCUT2D eigenvalue weighted by molar-refractivity contribution is -0.120. The molecule has 2 N–H and O–H groups in total. The number of aromatic hydroxyl groups is 1. The molecular formula is C18H15N3O2. The van der Waals surface area contributed by atoms with Crippen LogP contribution in [0.15, 0.2) is 65.8 Å². The molecule has 0 fully saturated rings. The van der Waals surface area contributed by atoms with E-state index in [1.807, 2.05) is 42.5 Å². The van der Waals surface area contributed by atoms with Crippen LogP contribution < -0.4 is 5.43 Å². The molecule has 0 saturated heterocycles. The summed E-state index contributed by atoms with van der Waals surface area (Å²) >= 11 is 0. The molecule has 0 atom stereocenters. The fraction of sp³-hybridized carbons (Fsp3) is 0.0556. The number of fused-ring (bicyclic) bond motifs is 1. The van der Waals surface area contributed by atoms with Gasteiger partial charge in [-0.1, -0.05) is 48.5 Å². The van der Waals surface area contributed by atoms with Crippen LogP contribution in [0.5, 0.6) is 5.75 Å². The molecule has 0 spiro atoms. The van der Waals surface area contributed by atoms with Gasteiger partial charge in [0.1, 0.15) is 11.3 Å². The molecule has 0 radical (unpaired) electrons. The number of amides is 1. The minimum absolute atomic E-state index is 0.117. The normalized spacial score (nSPS) is 11.0. The van der Waals surface area contributed by atoms with Crippen LogP contribution in [0, 0.1) is 0 Å². The predicted octanol–water partition coefficient (Wildman–Crippen LogP) is 2.63. The Morgan fingerprint density at radius 1 is 1.09 bits per heavy atom. The standard InChI is InChI=1S/C18H15N3O2/c22-16-8-4-7-14-9-10-15(20-18(14)16)12-19-21-17(23)11-13-5-2-1-3-6-13/h1-10,12,22H,11H2,(H,21,23)/b19-12-. The van der Waals surface area contributed by atoms with Crippen molar-refractivity contribution < 1.29 is 9.90 Å². The first kappa shape index (κ1) is 14.7. The van der Waals surface area contributed by atoms with Crippen LogP contribution in [0.2, 0.25) is 0 Å². The van der Waals surface area contributed by atoms with Crippen molar-refractivity contribution in [3.8, 4) is 5.75 Å². The van der Waals surface area contributed by atoms with Crippen molar-refractivity contribution in [2.45, 2.75) is 6.42 Å². The second-order valence-corrected chi connectivity index (χ2v) is 5.04. The van der Waals surface area contributed by atoms with E-state index in [2.05, 4.69) is 15.5 Å². The SMILES string of the molecule is O=C(Cc1ccccc1)N/N=C\c1ccc2cccc(O)c2n1. The molecule has 2 aromatic carbocycles. The van der Waals surface area contributed by atoms with Crippen LogP contribution in [0.4, 0.5) is 0 Å². The lowest BCUT2D eigenvalue weighted by Crippen LogP contribution is -2.19.